The third kappa shape index (κ3) is 15.3. The molecule has 18 heavy (non-hydrogen) atoms. The molecule has 0 aromatic heterocycles. The van der Waals surface area contributed by atoms with Gasteiger partial charge < -0.3 is 5.11 Å². The van der Waals surface area contributed by atoms with Gasteiger partial charge in [-0.2, -0.15) is 0 Å². The standard InChI is InChI=1S/C14H27IO2.Na.H/c1-2-3-4-5-6-7-8-9-10-11-12-13(15)14(16)17;;/h13H,2-12H2,1H3,(H,16,17);;. The van der Waals surface area contributed by atoms with Crippen molar-refractivity contribution in [1.82, 2.24) is 0 Å². The normalized spacial score (nSPS) is 11.9. The number of alkyl halides is 1. The first-order valence-electron chi connectivity index (χ1n) is 7.05. The molecule has 0 fully saturated rings. The van der Waals surface area contributed by atoms with Crippen LogP contribution in [0.1, 0.15) is 77.6 Å². The van der Waals surface area contributed by atoms with E-state index in [1.165, 1.54) is 57.8 Å². The molecule has 1 atom stereocenters. The Kier molecular flexibility index (Phi) is 19.4. The molecule has 0 aliphatic carbocycles. The molecule has 2 nitrogen and oxygen atoms in total. The van der Waals surface area contributed by atoms with Gasteiger partial charge in [0.05, 0.1) is 0 Å². The van der Waals surface area contributed by atoms with E-state index in [1.807, 2.05) is 22.6 Å². The maximum absolute atomic E-state index is 10.6. The number of halogens is 1. The predicted octanol–water partition coefficient (Wildman–Crippen LogP) is 4.54. The molecule has 1 unspecified atom stereocenters. The Hall–Kier alpha value is 1.20. The van der Waals surface area contributed by atoms with Crippen LogP contribution in [0.15, 0.2) is 0 Å². The van der Waals surface area contributed by atoms with Gasteiger partial charge in [-0.15, -0.1) is 0 Å². The Bertz CT molecular complexity index is 189. The zero-order valence-corrected chi connectivity index (χ0v) is 13.2. The number of hydrogen-bond donors (Lipinski definition) is 1. The van der Waals surface area contributed by atoms with Gasteiger partial charge in [-0.3, -0.25) is 4.79 Å². The van der Waals surface area contributed by atoms with Gasteiger partial charge in [-0.1, -0.05) is 93.7 Å². The third-order valence-corrected chi connectivity index (χ3v) is 4.23. The molecule has 0 heterocycles. The van der Waals surface area contributed by atoms with Crippen molar-refractivity contribution in [2.75, 3.05) is 0 Å². The zero-order chi connectivity index (χ0) is 12.9. The van der Waals surface area contributed by atoms with Gasteiger partial charge in [-0.25, -0.2) is 0 Å². The average Bonchev–Trinajstić information content (AvgIpc) is 2.31. The van der Waals surface area contributed by atoms with Gasteiger partial charge in [0, 0.05) is 0 Å². The van der Waals surface area contributed by atoms with Gasteiger partial charge in [-0.05, 0) is 6.42 Å². The van der Waals surface area contributed by atoms with Crippen LogP contribution in [0.25, 0.3) is 0 Å². The minimum absolute atomic E-state index is 0. The fraction of sp³-hybridized carbons (Fsp3) is 0.929. The van der Waals surface area contributed by atoms with Crippen LogP contribution in [-0.2, 0) is 4.79 Å². The summed E-state index contributed by atoms with van der Waals surface area (Å²) in [4.78, 5) is 10.6. The van der Waals surface area contributed by atoms with E-state index in [0.29, 0.717) is 0 Å². The molecule has 0 aromatic carbocycles. The van der Waals surface area contributed by atoms with E-state index in [9.17, 15) is 4.79 Å². The molecule has 0 aliphatic rings. The third-order valence-electron chi connectivity index (χ3n) is 3.08. The molecule has 0 aromatic rings. The SMILES string of the molecule is CCCCCCCCCCCCC(I)C(=O)O.[NaH]. The van der Waals surface area contributed by atoms with Gasteiger partial charge in [0.25, 0.3) is 0 Å². The molecule has 4 heteroatoms. The Labute approximate surface area is 148 Å². The van der Waals surface area contributed by atoms with Crippen molar-refractivity contribution in [1.29, 1.82) is 0 Å². The summed E-state index contributed by atoms with van der Waals surface area (Å²) in [6, 6.07) is 0. The maximum atomic E-state index is 10.6. The summed E-state index contributed by atoms with van der Waals surface area (Å²) in [6.45, 7) is 2.25. The summed E-state index contributed by atoms with van der Waals surface area (Å²) < 4.78 is -0.193. The molecular formula is C14H28INaO2. The summed E-state index contributed by atoms with van der Waals surface area (Å²) in [5, 5.41) is 8.72. The van der Waals surface area contributed by atoms with E-state index >= 15 is 0 Å². The van der Waals surface area contributed by atoms with E-state index < -0.39 is 5.97 Å². The number of hydrogen-bond acceptors (Lipinski definition) is 1. The van der Waals surface area contributed by atoms with Crippen molar-refractivity contribution in [2.45, 2.75) is 81.5 Å². The molecule has 0 bridgehead atoms. The fourth-order valence-electron chi connectivity index (χ4n) is 1.93. The van der Waals surface area contributed by atoms with E-state index in [-0.39, 0.29) is 33.5 Å². The second kappa shape index (κ2) is 16.3. The Morgan fingerprint density at radius 3 is 1.72 bits per heavy atom. The molecule has 0 amide bonds. The first-order valence-corrected chi connectivity index (χ1v) is 8.30. The Balaban J connectivity index is 0. The van der Waals surface area contributed by atoms with Crippen LogP contribution in [0, 0.1) is 0 Å². The minimum atomic E-state index is -0.665. The molecule has 1 N–H and O–H groups in total. The van der Waals surface area contributed by atoms with Crippen LogP contribution in [0.4, 0.5) is 0 Å². The van der Waals surface area contributed by atoms with Gasteiger partial charge in [0.1, 0.15) is 3.92 Å². The van der Waals surface area contributed by atoms with Crippen molar-refractivity contribution in [3.05, 3.63) is 0 Å². The molecule has 0 rings (SSSR count). The Morgan fingerprint density at radius 1 is 0.944 bits per heavy atom. The number of rotatable bonds is 12. The topological polar surface area (TPSA) is 37.3 Å². The van der Waals surface area contributed by atoms with Crippen molar-refractivity contribution in [3.63, 3.8) is 0 Å². The average molecular weight is 378 g/mol. The number of carbonyl (C=O) groups is 1. The second-order valence-corrected chi connectivity index (χ2v) is 6.28. The number of aliphatic carboxylic acids is 1. The molecule has 0 aliphatic heterocycles. The van der Waals surface area contributed by atoms with E-state index in [2.05, 4.69) is 6.92 Å². The van der Waals surface area contributed by atoms with E-state index in [1.54, 1.807) is 0 Å². The molecule has 0 saturated heterocycles. The summed E-state index contributed by atoms with van der Waals surface area (Å²) in [6.07, 6.45) is 13.9. The second-order valence-electron chi connectivity index (χ2n) is 4.78. The Morgan fingerprint density at radius 2 is 1.33 bits per heavy atom. The van der Waals surface area contributed by atoms with Crippen molar-refractivity contribution in [2.24, 2.45) is 0 Å². The van der Waals surface area contributed by atoms with E-state index in [0.717, 1.165) is 12.8 Å². The molecular weight excluding hydrogens is 350 g/mol. The van der Waals surface area contributed by atoms with Crippen LogP contribution in [0.5, 0.6) is 0 Å². The summed E-state index contributed by atoms with van der Waals surface area (Å²) in [7, 11) is 0. The van der Waals surface area contributed by atoms with Gasteiger partial charge in [0.15, 0.2) is 0 Å². The van der Waals surface area contributed by atoms with Gasteiger partial charge >= 0.3 is 35.5 Å². The molecule has 104 valence electrons. The molecule has 0 saturated carbocycles. The first kappa shape index (κ1) is 21.5. The number of carboxylic acid groups (broad SMARTS) is 1. The van der Waals surface area contributed by atoms with Crippen molar-refractivity contribution < 1.29 is 9.90 Å². The van der Waals surface area contributed by atoms with Crippen LogP contribution < -0.4 is 0 Å². The predicted molar refractivity (Wildman–Crippen MR) is 89.1 cm³/mol. The van der Waals surface area contributed by atoms with Crippen LogP contribution in [-0.4, -0.2) is 44.6 Å². The van der Waals surface area contributed by atoms with Crippen molar-refractivity contribution >= 4 is 58.1 Å². The van der Waals surface area contributed by atoms with Crippen LogP contribution in [0.2, 0.25) is 0 Å². The number of unbranched alkanes of at least 4 members (excludes halogenated alkanes) is 9. The summed E-state index contributed by atoms with van der Waals surface area (Å²) in [5.74, 6) is -0.665. The zero-order valence-electron chi connectivity index (χ0n) is 11.1. The number of carboxylic acids is 1. The first-order chi connectivity index (χ1) is 8.18. The van der Waals surface area contributed by atoms with Crippen molar-refractivity contribution in [3.8, 4) is 0 Å². The van der Waals surface area contributed by atoms with Crippen LogP contribution in [0.3, 0.4) is 0 Å². The quantitative estimate of drug-likeness (QED) is 0.234. The van der Waals surface area contributed by atoms with Gasteiger partial charge in [0.2, 0.25) is 0 Å². The monoisotopic (exact) mass is 378 g/mol. The summed E-state index contributed by atoms with van der Waals surface area (Å²) in [5.41, 5.74) is 0. The van der Waals surface area contributed by atoms with E-state index in [4.69, 9.17) is 5.11 Å². The fourth-order valence-corrected chi connectivity index (χ4v) is 2.37. The molecule has 0 radical (unpaired) electrons. The van der Waals surface area contributed by atoms with Crippen LogP contribution >= 0.6 is 22.6 Å². The summed E-state index contributed by atoms with van der Waals surface area (Å²) >= 11 is 2.02. The molecule has 0 spiro atoms.